The van der Waals surface area contributed by atoms with E-state index in [-0.39, 0.29) is 0 Å². The van der Waals surface area contributed by atoms with Gasteiger partial charge >= 0.3 is 142 Å². The van der Waals surface area contributed by atoms with E-state index in [1.807, 2.05) is 0 Å². The molecule has 1 heterocycles. The van der Waals surface area contributed by atoms with Crippen LogP contribution in [0.15, 0.2) is 30.3 Å². The van der Waals surface area contributed by atoms with Gasteiger partial charge in [0, 0.05) is 0 Å². The fraction of sp³-hybridized carbons (Fsp3) is 0.700. The maximum absolute atomic E-state index is 6.35. The first-order valence-corrected chi connectivity index (χ1v) is 17.2. The molecule has 0 N–H and O–H groups in total. The van der Waals surface area contributed by atoms with Crippen molar-refractivity contribution in [3.8, 4) is 0 Å². The molecule has 2 heteroatoms. The molecule has 0 spiro atoms. The van der Waals surface area contributed by atoms with Crippen LogP contribution in [0.5, 0.6) is 0 Å². The number of benzene rings is 1. The van der Waals surface area contributed by atoms with Gasteiger partial charge in [-0.05, 0) is 0 Å². The van der Waals surface area contributed by atoms with E-state index in [9.17, 15) is 0 Å². The zero-order valence-corrected chi connectivity index (χ0v) is 17.7. The number of epoxide rings is 1. The van der Waals surface area contributed by atoms with Gasteiger partial charge in [-0.15, -0.1) is 0 Å². The van der Waals surface area contributed by atoms with E-state index in [1.165, 1.54) is 44.1 Å². The van der Waals surface area contributed by atoms with Gasteiger partial charge in [0.2, 0.25) is 0 Å². The van der Waals surface area contributed by atoms with Crippen LogP contribution in [0.2, 0.25) is 13.3 Å². The van der Waals surface area contributed by atoms with Crippen LogP contribution in [0, 0.1) is 0 Å². The summed E-state index contributed by atoms with van der Waals surface area (Å²) in [6.07, 6.45) is 8.79. The van der Waals surface area contributed by atoms with Crippen LogP contribution in [-0.2, 0) is 4.74 Å². The van der Waals surface area contributed by atoms with Gasteiger partial charge in [-0.3, -0.25) is 0 Å². The summed E-state index contributed by atoms with van der Waals surface area (Å²) < 4.78 is 11.7. The van der Waals surface area contributed by atoms with Gasteiger partial charge in [-0.2, -0.15) is 0 Å². The van der Waals surface area contributed by atoms with Crippen LogP contribution >= 0.6 is 0 Å². The predicted octanol–water partition coefficient (Wildman–Crippen LogP) is 6.51. The fourth-order valence-electron chi connectivity index (χ4n) is 3.86. The van der Waals surface area contributed by atoms with Gasteiger partial charge in [0.05, 0.1) is 0 Å². The monoisotopic (exact) mass is 410 g/mol. The summed E-state index contributed by atoms with van der Waals surface area (Å²) in [5.41, 5.74) is 1.43. The van der Waals surface area contributed by atoms with E-state index in [2.05, 4.69) is 51.1 Å². The zero-order valence-electron chi connectivity index (χ0n) is 14.8. The SMILES string of the molecule is CCC[CH2][Sn]([CH2]CCC)([CH2]CCC)[C@H]1O[C@@H]1c1ccccc1. The first-order valence-electron chi connectivity index (χ1n) is 9.47. The van der Waals surface area contributed by atoms with Crippen LogP contribution in [0.1, 0.15) is 71.0 Å². The van der Waals surface area contributed by atoms with Gasteiger partial charge in [-0.1, -0.05) is 0 Å². The molecule has 2 rings (SSSR count). The molecule has 1 nitrogen and oxygen atoms in total. The number of rotatable bonds is 11. The van der Waals surface area contributed by atoms with Crippen LogP contribution < -0.4 is 0 Å². The topological polar surface area (TPSA) is 12.5 Å². The Bertz CT molecular complexity index is 395. The second kappa shape index (κ2) is 9.32. The third-order valence-electron chi connectivity index (χ3n) is 5.31. The molecular weight excluding hydrogens is 375 g/mol. The molecule has 1 aromatic rings. The molecule has 1 aromatic carbocycles. The number of ether oxygens (including phenoxy) is 1. The summed E-state index contributed by atoms with van der Waals surface area (Å²) >= 11 is -2.17. The van der Waals surface area contributed by atoms with Crippen LogP contribution in [0.3, 0.4) is 0 Å². The van der Waals surface area contributed by atoms with E-state index >= 15 is 0 Å². The average molecular weight is 409 g/mol. The normalized spacial score (nSPS) is 21.0. The van der Waals surface area contributed by atoms with Crippen molar-refractivity contribution in [1.29, 1.82) is 0 Å². The van der Waals surface area contributed by atoms with Crippen LogP contribution in [-0.4, -0.2) is 22.5 Å². The molecule has 1 saturated heterocycles. The third-order valence-corrected chi connectivity index (χ3v) is 21.6. The summed E-state index contributed by atoms with van der Waals surface area (Å²) in [6.45, 7) is 7.04. The number of unbranched alkanes of at least 4 members (excludes halogenated alkanes) is 3. The first-order chi connectivity index (χ1) is 10.8. The molecule has 1 aliphatic rings. The molecule has 0 amide bonds. The molecule has 124 valence electrons. The molecule has 1 fully saturated rings. The molecule has 0 saturated carbocycles. The Hall–Kier alpha value is -0.0213. The Kier molecular flexibility index (Phi) is 7.76. The third kappa shape index (κ3) is 4.74. The maximum atomic E-state index is 6.35. The zero-order chi connectivity index (χ0) is 15.8. The summed E-state index contributed by atoms with van der Waals surface area (Å²) in [5.74, 6) is 0. The fourth-order valence-corrected chi connectivity index (χ4v) is 21.1. The minimum absolute atomic E-state index is 0.447. The predicted molar refractivity (Wildman–Crippen MR) is 99.0 cm³/mol. The van der Waals surface area contributed by atoms with E-state index in [4.69, 9.17) is 4.74 Å². The van der Waals surface area contributed by atoms with Gasteiger partial charge in [-0.25, -0.2) is 0 Å². The van der Waals surface area contributed by atoms with E-state index in [0.29, 0.717) is 10.2 Å². The van der Waals surface area contributed by atoms with Crippen molar-refractivity contribution in [3.05, 3.63) is 35.9 Å². The quantitative estimate of drug-likeness (QED) is 0.300. The van der Waals surface area contributed by atoms with Crippen molar-refractivity contribution in [2.45, 2.75) is 82.8 Å². The van der Waals surface area contributed by atoms with Crippen molar-refractivity contribution in [2.75, 3.05) is 0 Å². The Morgan fingerprint density at radius 2 is 1.32 bits per heavy atom. The van der Waals surface area contributed by atoms with Crippen molar-refractivity contribution in [2.24, 2.45) is 0 Å². The summed E-state index contributed by atoms with van der Waals surface area (Å²) in [7, 11) is 0. The van der Waals surface area contributed by atoms with Gasteiger partial charge in [0.1, 0.15) is 0 Å². The Labute approximate surface area is 141 Å². The molecular formula is C20H34OSn. The van der Waals surface area contributed by atoms with E-state index in [1.54, 1.807) is 13.3 Å². The molecule has 0 aliphatic carbocycles. The van der Waals surface area contributed by atoms with E-state index < -0.39 is 18.4 Å². The molecule has 22 heavy (non-hydrogen) atoms. The molecule has 0 unspecified atom stereocenters. The molecule has 1 aliphatic heterocycles. The molecule has 0 aromatic heterocycles. The van der Waals surface area contributed by atoms with Crippen LogP contribution in [0.4, 0.5) is 0 Å². The van der Waals surface area contributed by atoms with Crippen LogP contribution in [0.25, 0.3) is 0 Å². The second-order valence-corrected chi connectivity index (χ2v) is 20.7. The summed E-state index contributed by atoms with van der Waals surface area (Å²) in [5, 5.41) is 0. The standard InChI is InChI=1S/C8H7O.3C4H9.Sn/c1-2-4-7(5-3-1)8-6-9-8;3*1-3-4-2;/h1-6,8H;3*1,3-4H2,2H3;/t8-;;;;/m0..../s1. The number of hydrogen-bond donors (Lipinski definition) is 0. The Balaban J connectivity index is 2.11. The Morgan fingerprint density at radius 3 is 1.77 bits per heavy atom. The average Bonchev–Trinajstić information content (AvgIpc) is 3.37. The van der Waals surface area contributed by atoms with Crippen molar-refractivity contribution in [3.63, 3.8) is 0 Å². The Morgan fingerprint density at radius 1 is 0.818 bits per heavy atom. The number of hydrogen-bond acceptors (Lipinski definition) is 1. The molecule has 0 radical (unpaired) electrons. The van der Waals surface area contributed by atoms with E-state index in [0.717, 1.165) is 0 Å². The van der Waals surface area contributed by atoms with Crippen molar-refractivity contribution >= 4 is 18.4 Å². The van der Waals surface area contributed by atoms with Gasteiger partial charge < -0.3 is 0 Å². The minimum atomic E-state index is -2.17. The molecule has 2 atom stereocenters. The summed E-state index contributed by atoms with van der Waals surface area (Å²) in [4.78, 5) is 0. The second-order valence-electron chi connectivity index (χ2n) is 7.06. The first kappa shape index (κ1) is 18.3. The van der Waals surface area contributed by atoms with Crippen molar-refractivity contribution in [1.82, 2.24) is 0 Å². The van der Waals surface area contributed by atoms with Gasteiger partial charge in [0.15, 0.2) is 0 Å². The summed E-state index contributed by atoms with van der Waals surface area (Å²) in [6, 6.07) is 11.0. The molecule has 0 bridgehead atoms. The van der Waals surface area contributed by atoms with Gasteiger partial charge in [0.25, 0.3) is 0 Å². The van der Waals surface area contributed by atoms with Crippen molar-refractivity contribution < 1.29 is 4.74 Å².